The van der Waals surface area contributed by atoms with Crippen molar-refractivity contribution in [3.8, 4) is 5.75 Å². The second-order valence-corrected chi connectivity index (χ2v) is 8.68. The summed E-state index contributed by atoms with van der Waals surface area (Å²) in [6, 6.07) is 14.5. The normalized spacial score (nSPS) is 10.6. The molecule has 1 amide bonds. The van der Waals surface area contributed by atoms with Crippen LogP contribution in [-0.4, -0.2) is 17.6 Å². The molecule has 0 aromatic heterocycles. The lowest BCUT2D eigenvalue weighted by Gasteiger charge is -2.12. The number of rotatable bonds is 4. The van der Waals surface area contributed by atoms with Crippen molar-refractivity contribution < 1.29 is 9.53 Å². The van der Waals surface area contributed by atoms with Crippen LogP contribution in [-0.2, 0) is 4.79 Å². The minimum Gasteiger partial charge on any atom is -0.483 e. The Bertz CT molecular complexity index is 1060. The second kappa shape index (κ2) is 9.41. The smallest absolute Gasteiger partial charge is 0.264 e. The first-order valence-electron chi connectivity index (χ1n) is 7.89. The summed E-state index contributed by atoms with van der Waals surface area (Å²) in [6.45, 7) is -0.196. The zero-order valence-electron chi connectivity index (χ0n) is 14.1. The van der Waals surface area contributed by atoms with Crippen molar-refractivity contribution in [1.82, 2.24) is 5.32 Å². The third-order valence-corrected chi connectivity index (χ3v) is 5.56. The van der Waals surface area contributed by atoms with E-state index in [1.165, 1.54) is 0 Å². The molecule has 0 heterocycles. The molecule has 0 spiro atoms. The molecule has 0 radical (unpaired) electrons. The number of amides is 1. The van der Waals surface area contributed by atoms with Crippen molar-refractivity contribution in [2.45, 2.75) is 0 Å². The monoisotopic (exact) mass is 560 g/mol. The van der Waals surface area contributed by atoms with Gasteiger partial charge in [-0.1, -0.05) is 51.3 Å². The van der Waals surface area contributed by atoms with Crippen LogP contribution in [0.5, 0.6) is 5.75 Å². The van der Waals surface area contributed by atoms with Gasteiger partial charge in [0.15, 0.2) is 11.7 Å². The average molecular weight is 563 g/mol. The molecule has 0 saturated heterocycles. The molecule has 0 aliphatic rings. The van der Waals surface area contributed by atoms with Crippen molar-refractivity contribution in [3.63, 3.8) is 0 Å². The van der Waals surface area contributed by atoms with E-state index in [9.17, 15) is 4.79 Å². The maximum atomic E-state index is 12.1. The van der Waals surface area contributed by atoms with Crippen molar-refractivity contribution >= 4 is 94.8 Å². The summed E-state index contributed by atoms with van der Waals surface area (Å²) in [5.74, 6) is 0.166. The van der Waals surface area contributed by atoms with Crippen LogP contribution in [0.25, 0.3) is 10.8 Å². The fraction of sp³-hybridized carbons (Fsp3) is 0.0526. The standard InChI is InChI=1S/C19H12Br2Cl2N2O2S/c20-11-2-3-15-10(5-11)1-4-16(18(15)21)27-9-17(26)25-19(28)24-14-7-12(22)6-13(23)8-14/h1-8H,9H2,(H2,24,25,26,28). The number of anilines is 1. The van der Waals surface area contributed by atoms with Gasteiger partial charge in [0.25, 0.3) is 5.91 Å². The molecule has 2 N–H and O–H groups in total. The zero-order valence-corrected chi connectivity index (χ0v) is 19.6. The Labute approximate surface area is 193 Å². The van der Waals surface area contributed by atoms with E-state index in [4.69, 9.17) is 40.2 Å². The van der Waals surface area contributed by atoms with Crippen LogP contribution in [0.4, 0.5) is 5.69 Å². The number of hydrogen-bond donors (Lipinski definition) is 2. The Hall–Kier alpha value is -1.38. The summed E-state index contributed by atoms with van der Waals surface area (Å²) in [5, 5.41) is 8.47. The molecule has 0 aliphatic heterocycles. The quantitative estimate of drug-likeness (QED) is 0.353. The number of benzene rings is 3. The van der Waals surface area contributed by atoms with E-state index in [2.05, 4.69) is 42.5 Å². The number of carbonyl (C=O) groups excluding carboxylic acids is 1. The first-order chi connectivity index (χ1) is 13.3. The molecule has 3 rings (SSSR count). The topological polar surface area (TPSA) is 50.4 Å². The highest BCUT2D eigenvalue weighted by molar-refractivity contribution is 9.11. The number of hydrogen-bond acceptors (Lipinski definition) is 3. The summed E-state index contributed by atoms with van der Waals surface area (Å²) < 4.78 is 7.39. The first kappa shape index (κ1) is 21.3. The van der Waals surface area contributed by atoms with Gasteiger partial charge in [-0.15, -0.1) is 0 Å². The summed E-state index contributed by atoms with van der Waals surface area (Å²) >= 11 is 24.0. The molecule has 144 valence electrons. The Kier molecular flexibility index (Phi) is 7.17. The van der Waals surface area contributed by atoms with Crippen LogP contribution >= 0.6 is 67.3 Å². The van der Waals surface area contributed by atoms with Gasteiger partial charge in [-0.2, -0.15) is 0 Å². The number of carbonyl (C=O) groups is 1. The number of fused-ring (bicyclic) bond motifs is 1. The van der Waals surface area contributed by atoms with Gasteiger partial charge in [0.1, 0.15) is 5.75 Å². The van der Waals surface area contributed by atoms with Crippen LogP contribution < -0.4 is 15.4 Å². The summed E-state index contributed by atoms with van der Waals surface area (Å²) in [7, 11) is 0. The van der Waals surface area contributed by atoms with Crippen LogP contribution in [0.15, 0.2) is 57.5 Å². The Morgan fingerprint density at radius 1 is 1.04 bits per heavy atom. The molecule has 28 heavy (non-hydrogen) atoms. The number of thiocarbonyl (C=S) groups is 1. The van der Waals surface area contributed by atoms with Crippen LogP contribution in [0.3, 0.4) is 0 Å². The largest absolute Gasteiger partial charge is 0.483 e. The molecular weight excluding hydrogens is 551 g/mol. The Morgan fingerprint density at radius 2 is 1.75 bits per heavy atom. The van der Waals surface area contributed by atoms with Crippen molar-refractivity contribution in [3.05, 3.63) is 67.5 Å². The highest BCUT2D eigenvalue weighted by atomic mass is 79.9. The predicted molar refractivity (Wildman–Crippen MR) is 126 cm³/mol. The SMILES string of the molecule is O=C(COc1ccc2cc(Br)ccc2c1Br)NC(=S)Nc1cc(Cl)cc(Cl)c1. The van der Waals surface area contributed by atoms with Gasteiger partial charge in [-0.25, -0.2) is 0 Å². The van der Waals surface area contributed by atoms with Gasteiger partial charge in [0, 0.05) is 20.2 Å². The maximum absolute atomic E-state index is 12.1. The van der Waals surface area contributed by atoms with E-state index in [-0.39, 0.29) is 11.7 Å². The molecule has 0 bridgehead atoms. The van der Waals surface area contributed by atoms with Gasteiger partial charge in [0.2, 0.25) is 0 Å². The molecular formula is C19H12Br2Cl2N2O2S. The molecule has 0 aliphatic carbocycles. The highest BCUT2D eigenvalue weighted by Crippen LogP contribution is 2.34. The van der Waals surface area contributed by atoms with Crippen LogP contribution in [0.1, 0.15) is 0 Å². The lowest BCUT2D eigenvalue weighted by Crippen LogP contribution is -2.37. The number of nitrogens with one attached hydrogen (secondary N) is 2. The van der Waals surface area contributed by atoms with E-state index in [1.54, 1.807) is 24.3 Å². The average Bonchev–Trinajstić information content (AvgIpc) is 2.60. The highest BCUT2D eigenvalue weighted by Gasteiger charge is 2.11. The predicted octanol–water partition coefficient (Wildman–Crippen LogP) is 6.56. The number of ether oxygens (including phenoxy) is 1. The van der Waals surface area contributed by atoms with E-state index >= 15 is 0 Å². The minimum absolute atomic E-state index is 0.120. The molecule has 3 aromatic carbocycles. The molecule has 9 heteroatoms. The first-order valence-corrected chi connectivity index (χ1v) is 10.6. The maximum Gasteiger partial charge on any atom is 0.264 e. The molecule has 0 unspecified atom stereocenters. The summed E-state index contributed by atoms with van der Waals surface area (Å²) in [5.41, 5.74) is 0.576. The minimum atomic E-state index is -0.395. The van der Waals surface area contributed by atoms with Crippen molar-refractivity contribution in [1.29, 1.82) is 0 Å². The Morgan fingerprint density at radius 3 is 2.46 bits per heavy atom. The van der Waals surface area contributed by atoms with Crippen molar-refractivity contribution in [2.24, 2.45) is 0 Å². The van der Waals surface area contributed by atoms with E-state index in [1.807, 2.05) is 24.3 Å². The third-order valence-electron chi connectivity index (χ3n) is 3.61. The van der Waals surface area contributed by atoms with E-state index in [0.717, 1.165) is 19.7 Å². The van der Waals surface area contributed by atoms with Crippen LogP contribution in [0, 0.1) is 0 Å². The van der Waals surface area contributed by atoms with Gasteiger partial charge in [-0.3, -0.25) is 10.1 Å². The van der Waals surface area contributed by atoms with Gasteiger partial charge >= 0.3 is 0 Å². The fourth-order valence-electron chi connectivity index (χ4n) is 2.45. The number of halogens is 4. The Balaban J connectivity index is 1.59. The molecule has 3 aromatic rings. The van der Waals surface area contributed by atoms with Gasteiger partial charge in [-0.05, 0) is 75.3 Å². The van der Waals surface area contributed by atoms with Gasteiger partial charge in [0.05, 0.1) is 4.47 Å². The molecule has 0 fully saturated rings. The van der Waals surface area contributed by atoms with E-state index < -0.39 is 5.91 Å². The molecule has 0 atom stereocenters. The fourth-order valence-corrected chi connectivity index (χ4v) is 4.19. The second-order valence-electron chi connectivity index (χ2n) is 5.69. The molecule has 0 saturated carbocycles. The lowest BCUT2D eigenvalue weighted by molar-refractivity contribution is -0.121. The van der Waals surface area contributed by atoms with E-state index in [0.29, 0.717) is 21.5 Å². The van der Waals surface area contributed by atoms with Gasteiger partial charge < -0.3 is 10.1 Å². The summed E-state index contributed by atoms with van der Waals surface area (Å²) in [4.78, 5) is 12.1. The third kappa shape index (κ3) is 5.58. The molecule has 4 nitrogen and oxygen atoms in total. The lowest BCUT2D eigenvalue weighted by atomic mass is 10.1. The van der Waals surface area contributed by atoms with Crippen LogP contribution in [0.2, 0.25) is 10.0 Å². The van der Waals surface area contributed by atoms with Crippen molar-refractivity contribution in [2.75, 3.05) is 11.9 Å². The zero-order chi connectivity index (χ0) is 20.3. The summed E-state index contributed by atoms with van der Waals surface area (Å²) in [6.07, 6.45) is 0.